The summed E-state index contributed by atoms with van der Waals surface area (Å²) < 4.78 is 5.40. The summed E-state index contributed by atoms with van der Waals surface area (Å²) in [5.41, 5.74) is 5.50. The van der Waals surface area contributed by atoms with E-state index in [0.29, 0.717) is 5.56 Å². The van der Waals surface area contributed by atoms with Gasteiger partial charge in [-0.3, -0.25) is 19.7 Å². The highest BCUT2D eigenvalue weighted by molar-refractivity contribution is 5.97. The number of nitrogens with zero attached hydrogens (tertiary/aromatic N) is 1. The van der Waals surface area contributed by atoms with Crippen LogP contribution in [-0.4, -0.2) is 54.3 Å². The highest BCUT2D eigenvalue weighted by Gasteiger charge is 2.37. The van der Waals surface area contributed by atoms with Gasteiger partial charge in [0.1, 0.15) is 6.04 Å². The van der Waals surface area contributed by atoms with E-state index in [0.717, 1.165) is 56.8 Å². The molecule has 4 rings (SSSR count). The van der Waals surface area contributed by atoms with Gasteiger partial charge in [0.15, 0.2) is 0 Å². The number of benzene rings is 2. The summed E-state index contributed by atoms with van der Waals surface area (Å²) in [6.45, 7) is 4.51. The molecule has 2 amide bonds. The van der Waals surface area contributed by atoms with E-state index in [4.69, 9.17) is 9.94 Å². The van der Waals surface area contributed by atoms with E-state index in [9.17, 15) is 9.59 Å². The van der Waals surface area contributed by atoms with E-state index in [1.54, 1.807) is 17.6 Å². The number of rotatable bonds is 8. The summed E-state index contributed by atoms with van der Waals surface area (Å²) in [4.78, 5) is 26.6. The molecule has 1 saturated carbocycles. The average molecular weight is 436 g/mol. The maximum Gasteiger partial charge on any atom is 0.266 e. The molecule has 2 aromatic carbocycles. The van der Waals surface area contributed by atoms with Crippen LogP contribution in [-0.2, 0) is 16.1 Å². The minimum atomic E-state index is -0.696. The summed E-state index contributed by atoms with van der Waals surface area (Å²) >= 11 is 0. The van der Waals surface area contributed by atoms with Gasteiger partial charge in [-0.1, -0.05) is 48.6 Å². The van der Waals surface area contributed by atoms with Gasteiger partial charge in [0.25, 0.3) is 11.8 Å². The molecule has 1 atom stereocenters. The molecule has 2 aliphatic rings. The number of ether oxygens (including phenoxy) is 1. The molecule has 0 radical (unpaired) electrons. The monoisotopic (exact) mass is 435 g/mol. The van der Waals surface area contributed by atoms with E-state index in [1.165, 1.54) is 5.56 Å². The van der Waals surface area contributed by atoms with Gasteiger partial charge in [-0.15, -0.1) is 0 Å². The van der Waals surface area contributed by atoms with Crippen LogP contribution >= 0.6 is 0 Å². The molecule has 1 saturated heterocycles. The van der Waals surface area contributed by atoms with Crippen LogP contribution in [0.15, 0.2) is 48.5 Å². The predicted molar refractivity (Wildman–Crippen MR) is 122 cm³/mol. The first kappa shape index (κ1) is 22.2. The molecule has 3 N–H and O–H groups in total. The third-order valence-electron chi connectivity index (χ3n) is 5.90. The zero-order chi connectivity index (χ0) is 22.3. The van der Waals surface area contributed by atoms with Gasteiger partial charge in [0.2, 0.25) is 0 Å². The Bertz CT molecular complexity index is 946. The van der Waals surface area contributed by atoms with Gasteiger partial charge in [-0.05, 0) is 47.6 Å². The molecule has 7 heteroatoms. The van der Waals surface area contributed by atoms with Crippen molar-refractivity contribution in [1.82, 2.24) is 15.7 Å². The van der Waals surface area contributed by atoms with Gasteiger partial charge in [-0.25, -0.2) is 5.48 Å². The highest BCUT2D eigenvalue weighted by atomic mass is 16.5. The molecule has 7 nitrogen and oxygen atoms in total. The molecule has 0 bridgehead atoms. The van der Waals surface area contributed by atoms with E-state index < -0.39 is 11.9 Å². The molecule has 32 heavy (non-hydrogen) atoms. The van der Waals surface area contributed by atoms with Gasteiger partial charge in [0, 0.05) is 25.2 Å². The normalized spacial score (nSPS) is 17.8. The minimum absolute atomic E-state index is 0.0913. The second-order valence-corrected chi connectivity index (χ2v) is 8.35. The van der Waals surface area contributed by atoms with E-state index in [-0.39, 0.29) is 11.8 Å². The largest absolute Gasteiger partial charge is 0.379 e. The Kier molecular flexibility index (Phi) is 7.32. The third kappa shape index (κ3) is 6.03. The second-order valence-electron chi connectivity index (χ2n) is 8.35. The molecule has 1 aliphatic carbocycles. The molecule has 2 aromatic rings. The van der Waals surface area contributed by atoms with Crippen molar-refractivity contribution in [2.75, 3.05) is 26.3 Å². The zero-order valence-electron chi connectivity index (χ0n) is 18.0. The number of hydrogen-bond donors (Lipinski definition) is 3. The first-order valence-electron chi connectivity index (χ1n) is 11.0. The lowest BCUT2D eigenvalue weighted by molar-refractivity contribution is -0.131. The Labute approximate surface area is 188 Å². The van der Waals surface area contributed by atoms with Crippen LogP contribution in [0.2, 0.25) is 0 Å². The zero-order valence-corrected chi connectivity index (χ0v) is 18.0. The summed E-state index contributed by atoms with van der Waals surface area (Å²) in [5, 5.41) is 11.6. The van der Waals surface area contributed by atoms with Gasteiger partial charge in [0.05, 0.1) is 13.2 Å². The fourth-order valence-electron chi connectivity index (χ4n) is 3.81. The maximum atomic E-state index is 12.5. The molecular formula is C25H29N3O4. The maximum absolute atomic E-state index is 12.5. The lowest BCUT2D eigenvalue weighted by Crippen LogP contribution is -2.47. The molecule has 1 aliphatic heterocycles. The van der Waals surface area contributed by atoms with E-state index in [1.807, 2.05) is 24.3 Å². The van der Waals surface area contributed by atoms with Crippen LogP contribution in [0.25, 0.3) is 12.2 Å². The summed E-state index contributed by atoms with van der Waals surface area (Å²) in [6.07, 6.45) is 5.79. The SMILES string of the molecule is O=C(N[C@H](C(=O)NO)C1CC1)c1ccc(/C=C/c2ccc(CN3CCOCC3)cc2)cc1. The van der Waals surface area contributed by atoms with Gasteiger partial charge < -0.3 is 10.1 Å². The van der Waals surface area contributed by atoms with E-state index >= 15 is 0 Å². The number of hydroxylamine groups is 1. The lowest BCUT2D eigenvalue weighted by atomic mass is 10.1. The molecule has 2 fully saturated rings. The molecular weight excluding hydrogens is 406 g/mol. The van der Waals surface area contributed by atoms with Gasteiger partial charge in [-0.2, -0.15) is 0 Å². The Morgan fingerprint density at radius 3 is 2.16 bits per heavy atom. The first-order valence-corrected chi connectivity index (χ1v) is 11.0. The second kappa shape index (κ2) is 10.5. The van der Waals surface area contributed by atoms with Crippen molar-refractivity contribution in [3.8, 4) is 0 Å². The van der Waals surface area contributed by atoms with Crippen LogP contribution in [0.4, 0.5) is 0 Å². The van der Waals surface area contributed by atoms with E-state index in [2.05, 4.69) is 34.5 Å². The fourth-order valence-corrected chi connectivity index (χ4v) is 3.81. The van der Waals surface area contributed by atoms with Crippen molar-refractivity contribution < 1.29 is 19.5 Å². The fraction of sp³-hybridized carbons (Fsp3) is 0.360. The number of amides is 2. The van der Waals surface area contributed by atoms with Crippen LogP contribution in [0.1, 0.15) is 39.9 Å². The average Bonchev–Trinajstić information content (AvgIpc) is 3.68. The molecule has 0 unspecified atom stereocenters. The van der Waals surface area contributed by atoms with Crippen molar-refractivity contribution >= 4 is 24.0 Å². The highest BCUT2D eigenvalue weighted by Crippen LogP contribution is 2.32. The summed E-state index contributed by atoms with van der Waals surface area (Å²) in [6, 6.07) is 15.0. The first-order chi connectivity index (χ1) is 15.6. The quantitative estimate of drug-likeness (QED) is 0.337. The van der Waals surface area contributed by atoms with Crippen molar-refractivity contribution in [2.24, 2.45) is 5.92 Å². The number of morpholine rings is 1. The van der Waals surface area contributed by atoms with Crippen molar-refractivity contribution in [1.29, 1.82) is 0 Å². The number of carbonyl (C=O) groups is 2. The Morgan fingerprint density at radius 2 is 1.59 bits per heavy atom. The number of nitrogens with one attached hydrogen (secondary N) is 2. The van der Waals surface area contributed by atoms with Crippen molar-refractivity contribution in [2.45, 2.75) is 25.4 Å². The standard InChI is InChI=1S/C25H29N3O4/c29-24(26-23(21-11-12-21)25(30)27-31)22-9-7-19(8-10-22)2-1-18-3-5-20(6-4-18)17-28-13-15-32-16-14-28/h1-10,21,23,31H,11-17H2,(H,26,29)(H,27,30)/b2-1+/t23-/m0/s1. The topological polar surface area (TPSA) is 90.9 Å². The summed E-state index contributed by atoms with van der Waals surface area (Å²) in [7, 11) is 0. The van der Waals surface area contributed by atoms with Crippen LogP contribution < -0.4 is 10.8 Å². The van der Waals surface area contributed by atoms with Crippen LogP contribution in [0, 0.1) is 5.92 Å². The Balaban J connectivity index is 1.31. The summed E-state index contributed by atoms with van der Waals surface area (Å²) in [5.74, 6) is -0.804. The number of hydrogen-bond acceptors (Lipinski definition) is 5. The number of carbonyl (C=O) groups excluding carboxylic acids is 2. The minimum Gasteiger partial charge on any atom is -0.379 e. The Hall–Kier alpha value is -3.00. The van der Waals surface area contributed by atoms with Crippen molar-refractivity contribution in [3.63, 3.8) is 0 Å². The lowest BCUT2D eigenvalue weighted by Gasteiger charge is -2.26. The van der Waals surface area contributed by atoms with Crippen molar-refractivity contribution in [3.05, 3.63) is 70.8 Å². The molecule has 1 heterocycles. The smallest absolute Gasteiger partial charge is 0.266 e. The molecule has 0 aromatic heterocycles. The van der Waals surface area contributed by atoms with Crippen LogP contribution in [0.5, 0.6) is 0 Å². The Morgan fingerprint density at radius 1 is 1.00 bits per heavy atom. The molecule has 168 valence electrons. The predicted octanol–water partition coefficient (Wildman–Crippen LogP) is 2.70. The third-order valence-corrected chi connectivity index (χ3v) is 5.90. The molecule has 0 spiro atoms. The van der Waals surface area contributed by atoms with Gasteiger partial charge >= 0.3 is 0 Å². The van der Waals surface area contributed by atoms with Crippen LogP contribution in [0.3, 0.4) is 0 Å².